The first-order valence-corrected chi connectivity index (χ1v) is 6.23. The SMILES string of the molecule is CCOc1ccc(C(N)c2ccc(Br)o2)cc1. The smallest absolute Gasteiger partial charge is 0.169 e. The van der Waals surface area contributed by atoms with E-state index >= 15 is 0 Å². The van der Waals surface area contributed by atoms with E-state index in [9.17, 15) is 0 Å². The van der Waals surface area contributed by atoms with Gasteiger partial charge in [-0.3, -0.25) is 0 Å². The zero-order valence-electron chi connectivity index (χ0n) is 9.52. The van der Waals surface area contributed by atoms with Gasteiger partial charge >= 0.3 is 0 Å². The van der Waals surface area contributed by atoms with Gasteiger partial charge in [-0.15, -0.1) is 0 Å². The van der Waals surface area contributed by atoms with E-state index in [4.69, 9.17) is 14.9 Å². The summed E-state index contributed by atoms with van der Waals surface area (Å²) in [6, 6.07) is 11.2. The van der Waals surface area contributed by atoms with Gasteiger partial charge in [0.05, 0.1) is 12.6 Å². The maximum atomic E-state index is 6.10. The molecule has 0 aliphatic carbocycles. The fraction of sp³-hybridized carbons (Fsp3) is 0.231. The van der Waals surface area contributed by atoms with Crippen LogP contribution in [0.4, 0.5) is 0 Å². The molecule has 0 fully saturated rings. The first kappa shape index (κ1) is 12.2. The molecule has 0 aliphatic heterocycles. The topological polar surface area (TPSA) is 48.4 Å². The van der Waals surface area contributed by atoms with Crippen LogP contribution >= 0.6 is 15.9 Å². The molecular weight excluding hydrogens is 282 g/mol. The molecule has 1 aromatic carbocycles. The Hall–Kier alpha value is -1.26. The molecule has 0 saturated carbocycles. The van der Waals surface area contributed by atoms with Crippen molar-refractivity contribution in [2.75, 3.05) is 6.61 Å². The van der Waals surface area contributed by atoms with Crippen molar-refractivity contribution in [3.8, 4) is 5.75 Å². The summed E-state index contributed by atoms with van der Waals surface area (Å²) in [5.41, 5.74) is 7.09. The van der Waals surface area contributed by atoms with Crippen LogP contribution in [-0.2, 0) is 0 Å². The third-order valence-electron chi connectivity index (χ3n) is 2.45. The van der Waals surface area contributed by atoms with E-state index in [2.05, 4.69) is 15.9 Å². The van der Waals surface area contributed by atoms with Gasteiger partial charge in [-0.05, 0) is 52.7 Å². The first-order valence-electron chi connectivity index (χ1n) is 5.44. The molecule has 2 N–H and O–H groups in total. The van der Waals surface area contributed by atoms with Crippen LogP contribution in [0, 0.1) is 0 Å². The van der Waals surface area contributed by atoms with Gasteiger partial charge in [-0.25, -0.2) is 0 Å². The van der Waals surface area contributed by atoms with Gasteiger partial charge in [0.15, 0.2) is 4.67 Å². The van der Waals surface area contributed by atoms with E-state index in [0.29, 0.717) is 11.3 Å². The Morgan fingerprint density at radius 3 is 2.47 bits per heavy atom. The normalized spacial score (nSPS) is 12.4. The van der Waals surface area contributed by atoms with E-state index in [1.165, 1.54) is 0 Å². The molecule has 1 aromatic heterocycles. The Balaban J connectivity index is 2.16. The molecule has 17 heavy (non-hydrogen) atoms. The van der Waals surface area contributed by atoms with Crippen LogP contribution in [0.1, 0.15) is 24.3 Å². The number of ether oxygens (including phenoxy) is 1. The van der Waals surface area contributed by atoms with Crippen LogP contribution in [0.15, 0.2) is 45.5 Å². The highest BCUT2D eigenvalue weighted by molar-refractivity contribution is 9.10. The van der Waals surface area contributed by atoms with E-state index < -0.39 is 0 Å². The standard InChI is InChI=1S/C13H14BrNO2/c1-2-16-10-5-3-9(4-6-10)13(15)11-7-8-12(14)17-11/h3-8,13H,2,15H2,1H3. The summed E-state index contributed by atoms with van der Waals surface area (Å²) < 4.78 is 11.5. The third-order valence-corrected chi connectivity index (χ3v) is 2.88. The van der Waals surface area contributed by atoms with E-state index in [-0.39, 0.29) is 6.04 Å². The second-order valence-corrected chi connectivity index (χ2v) is 4.40. The molecule has 90 valence electrons. The predicted octanol–water partition coefficient (Wildman–Crippen LogP) is 3.49. The van der Waals surface area contributed by atoms with Crippen molar-refractivity contribution in [1.29, 1.82) is 0 Å². The molecule has 1 unspecified atom stereocenters. The summed E-state index contributed by atoms with van der Waals surface area (Å²) in [5, 5.41) is 0. The summed E-state index contributed by atoms with van der Waals surface area (Å²) >= 11 is 3.26. The zero-order valence-corrected chi connectivity index (χ0v) is 11.1. The largest absolute Gasteiger partial charge is 0.494 e. The van der Waals surface area contributed by atoms with Crippen molar-refractivity contribution in [3.63, 3.8) is 0 Å². The number of benzene rings is 1. The molecule has 2 aromatic rings. The highest BCUT2D eigenvalue weighted by Gasteiger charge is 2.12. The quantitative estimate of drug-likeness (QED) is 0.939. The minimum atomic E-state index is -0.253. The second kappa shape index (κ2) is 5.38. The number of rotatable bonds is 4. The molecule has 0 saturated heterocycles. The maximum Gasteiger partial charge on any atom is 0.169 e. The molecule has 0 radical (unpaired) electrons. The number of hydrogen-bond donors (Lipinski definition) is 1. The average Bonchev–Trinajstić information content (AvgIpc) is 2.76. The van der Waals surface area contributed by atoms with Crippen LogP contribution < -0.4 is 10.5 Å². The van der Waals surface area contributed by atoms with Crippen LogP contribution in [0.2, 0.25) is 0 Å². The molecule has 4 heteroatoms. The molecule has 1 heterocycles. The third kappa shape index (κ3) is 2.90. The van der Waals surface area contributed by atoms with Crippen molar-refractivity contribution in [1.82, 2.24) is 0 Å². The van der Waals surface area contributed by atoms with Gasteiger partial charge in [0.2, 0.25) is 0 Å². The highest BCUT2D eigenvalue weighted by Crippen LogP contribution is 2.25. The molecule has 1 atom stereocenters. The fourth-order valence-electron chi connectivity index (χ4n) is 1.60. The van der Waals surface area contributed by atoms with E-state index in [0.717, 1.165) is 17.1 Å². The summed E-state index contributed by atoms with van der Waals surface area (Å²) in [7, 11) is 0. The average molecular weight is 296 g/mol. The van der Waals surface area contributed by atoms with Crippen molar-refractivity contribution >= 4 is 15.9 Å². The maximum absolute atomic E-state index is 6.10. The number of nitrogens with two attached hydrogens (primary N) is 1. The molecule has 3 nitrogen and oxygen atoms in total. The van der Waals surface area contributed by atoms with Crippen molar-refractivity contribution < 1.29 is 9.15 Å². The molecule has 0 bridgehead atoms. The lowest BCUT2D eigenvalue weighted by Crippen LogP contribution is -2.10. The Morgan fingerprint density at radius 1 is 1.24 bits per heavy atom. The molecule has 0 aliphatic rings. The minimum absolute atomic E-state index is 0.253. The van der Waals surface area contributed by atoms with Crippen LogP contribution in [0.3, 0.4) is 0 Å². The first-order chi connectivity index (χ1) is 8.20. The van der Waals surface area contributed by atoms with Gasteiger partial charge in [0.1, 0.15) is 11.5 Å². The fourth-order valence-corrected chi connectivity index (χ4v) is 1.92. The molecule has 2 rings (SSSR count). The Morgan fingerprint density at radius 2 is 1.94 bits per heavy atom. The number of halogens is 1. The lowest BCUT2D eigenvalue weighted by molar-refractivity contribution is 0.340. The summed E-state index contributed by atoms with van der Waals surface area (Å²) in [6.07, 6.45) is 0. The summed E-state index contributed by atoms with van der Waals surface area (Å²) in [5.74, 6) is 1.59. The van der Waals surface area contributed by atoms with Gasteiger partial charge in [-0.2, -0.15) is 0 Å². The Kier molecular flexibility index (Phi) is 3.86. The van der Waals surface area contributed by atoms with Gasteiger partial charge < -0.3 is 14.9 Å². The van der Waals surface area contributed by atoms with Gasteiger partial charge in [0, 0.05) is 0 Å². The van der Waals surface area contributed by atoms with Crippen LogP contribution in [-0.4, -0.2) is 6.61 Å². The molecule has 0 spiro atoms. The molecular formula is C13H14BrNO2. The van der Waals surface area contributed by atoms with Gasteiger partial charge in [-0.1, -0.05) is 12.1 Å². The Bertz CT molecular complexity index is 478. The predicted molar refractivity (Wildman–Crippen MR) is 70.0 cm³/mol. The lowest BCUT2D eigenvalue weighted by Gasteiger charge is -2.10. The Labute approximate surface area is 109 Å². The monoisotopic (exact) mass is 295 g/mol. The van der Waals surface area contributed by atoms with Crippen LogP contribution in [0.25, 0.3) is 0 Å². The van der Waals surface area contributed by atoms with Crippen molar-refractivity contribution in [2.45, 2.75) is 13.0 Å². The number of furan rings is 1. The van der Waals surface area contributed by atoms with E-state index in [1.807, 2.05) is 43.3 Å². The second-order valence-electron chi connectivity index (χ2n) is 3.62. The summed E-state index contributed by atoms with van der Waals surface area (Å²) in [4.78, 5) is 0. The summed E-state index contributed by atoms with van der Waals surface area (Å²) in [6.45, 7) is 2.62. The van der Waals surface area contributed by atoms with E-state index in [1.54, 1.807) is 0 Å². The minimum Gasteiger partial charge on any atom is -0.494 e. The lowest BCUT2D eigenvalue weighted by atomic mass is 10.1. The number of hydrogen-bond acceptors (Lipinski definition) is 3. The highest BCUT2D eigenvalue weighted by atomic mass is 79.9. The zero-order chi connectivity index (χ0) is 12.3. The van der Waals surface area contributed by atoms with Crippen molar-refractivity contribution in [3.05, 3.63) is 52.4 Å². The van der Waals surface area contributed by atoms with Crippen molar-refractivity contribution in [2.24, 2.45) is 5.73 Å². The van der Waals surface area contributed by atoms with Crippen LogP contribution in [0.5, 0.6) is 5.75 Å². The molecule has 0 amide bonds. The van der Waals surface area contributed by atoms with Gasteiger partial charge in [0.25, 0.3) is 0 Å².